The Morgan fingerprint density at radius 1 is 0.969 bits per heavy atom. The maximum absolute atomic E-state index is 13.5. The zero-order valence-corrected chi connectivity index (χ0v) is 18.5. The first-order chi connectivity index (χ1) is 15.1. The second kappa shape index (κ2) is 6.63. The van der Waals surface area contributed by atoms with Crippen molar-refractivity contribution in [1.29, 1.82) is 0 Å². The molecule has 0 aliphatic carbocycles. The number of hydrogen-bond donors (Lipinski definition) is 1. The number of hydrogen-bond acceptors (Lipinski definition) is 4. The van der Waals surface area contributed by atoms with Gasteiger partial charge in [0.05, 0.1) is 16.6 Å². The molecule has 5 rings (SSSR count). The fourth-order valence-electron chi connectivity index (χ4n) is 4.51. The van der Waals surface area contributed by atoms with E-state index in [4.69, 9.17) is 0 Å². The second-order valence-corrected chi connectivity index (χ2v) is 9.36. The van der Waals surface area contributed by atoms with Crippen LogP contribution in [0.25, 0.3) is 10.9 Å². The molecule has 1 fully saturated rings. The number of pyridine rings is 1. The number of carbonyl (C=O) groups is 3. The van der Waals surface area contributed by atoms with Crippen LogP contribution in [0.2, 0.25) is 0 Å². The number of anilines is 2. The molecule has 2 aliphatic heterocycles. The third-order valence-electron chi connectivity index (χ3n) is 6.64. The summed E-state index contributed by atoms with van der Waals surface area (Å²) in [7, 11) is 0. The minimum atomic E-state index is -1.02. The normalized spacial score (nSPS) is 18.9. The Morgan fingerprint density at radius 2 is 1.72 bits per heavy atom. The van der Waals surface area contributed by atoms with E-state index in [2.05, 4.69) is 10.3 Å². The van der Waals surface area contributed by atoms with Crippen LogP contribution >= 0.6 is 0 Å². The van der Waals surface area contributed by atoms with Crippen LogP contribution in [0.15, 0.2) is 54.7 Å². The van der Waals surface area contributed by atoms with Gasteiger partial charge < -0.3 is 10.2 Å². The lowest BCUT2D eigenvalue weighted by Gasteiger charge is -2.28. The van der Waals surface area contributed by atoms with E-state index in [1.54, 1.807) is 37.1 Å². The number of nitrogens with one attached hydrogen (secondary N) is 1. The van der Waals surface area contributed by atoms with Crippen molar-refractivity contribution >= 4 is 40.1 Å². The van der Waals surface area contributed by atoms with Crippen molar-refractivity contribution in [3.05, 3.63) is 65.9 Å². The zero-order valence-electron chi connectivity index (χ0n) is 18.5. The Labute approximate surface area is 186 Å². The van der Waals surface area contributed by atoms with E-state index in [0.717, 1.165) is 22.0 Å². The molecule has 7 heteroatoms. The number of rotatable bonds is 3. The Kier molecular flexibility index (Phi) is 4.18. The number of amides is 4. The molecule has 2 aliphatic rings. The smallest absolute Gasteiger partial charge is 0.325 e. The van der Waals surface area contributed by atoms with E-state index >= 15 is 0 Å². The lowest BCUT2D eigenvalue weighted by Crippen LogP contribution is -2.43. The quantitative estimate of drug-likeness (QED) is 0.634. The predicted octanol–water partition coefficient (Wildman–Crippen LogP) is 4.21. The minimum Gasteiger partial charge on any atom is -0.325 e. The summed E-state index contributed by atoms with van der Waals surface area (Å²) < 4.78 is 0. The van der Waals surface area contributed by atoms with Gasteiger partial charge in [0, 0.05) is 23.8 Å². The van der Waals surface area contributed by atoms with Gasteiger partial charge in [0.2, 0.25) is 5.91 Å². The molecule has 1 N–H and O–H groups in total. The standard InChI is InChI=1S/C25H24N4O3/c1-24(2)18-10-9-16(13-20(18)27-21(24)30)29-22(31)25(3,4)28(23(29)32)14-15-11-12-26-19-8-6-5-7-17(15)19/h5-13H,14H2,1-4H3,(H,27,30). The van der Waals surface area contributed by atoms with Gasteiger partial charge in [-0.2, -0.15) is 0 Å². The van der Waals surface area contributed by atoms with E-state index in [0.29, 0.717) is 11.4 Å². The Bertz CT molecular complexity index is 1310. The summed E-state index contributed by atoms with van der Waals surface area (Å²) in [5, 5.41) is 3.82. The highest BCUT2D eigenvalue weighted by Gasteiger charge is 2.52. The minimum absolute atomic E-state index is 0.102. The maximum Gasteiger partial charge on any atom is 0.332 e. The van der Waals surface area contributed by atoms with Gasteiger partial charge in [-0.05, 0) is 63.1 Å². The van der Waals surface area contributed by atoms with Gasteiger partial charge in [-0.1, -0.05) is 24.3 Å². The second-order valence-electron chi connectivity index (χ2n) is 9.36. The number of urea groups is 1. The topological polar surface area (TPSA) is 82.6 Å². The molecule has 3 aromatic rings. The molecule has 4 amide bonds. The van der Waals surface area contributed by atoms with E-state index in [-0.39, 0.29) is 24.4 Å². The van der Waals surface area contributed by atoms with Crippen LogP contribution in [-0.4, -0.2) is 33.3 Å². The monoisotopic (exact) mass is 428 g/mol. The summed E-state index contributed by atoms with van der Waals surface area (Å²) in [6.45, 7) is 7.50. The fourth-order valence-corrected chi connectivity index (χ4v) is 4.51. The number of para-hydroxylation sites is 1. The molecule has 7 nitrogen and oxygen atoms in total. The molecule has 0 atom stereocenters. The highest BCUT2D eigenvalue weighted by atomic mass is 16.2. The number of aromatic nitrogens is 1. The number of fused-ring (bicyclic) bond motifs is 2. The molecule has 0 bridgehead atoms. The molecule has 0 spiro atoms. The maximum atomic E-state index is 13.5. The Morgan fingerprint density at radius 3 is 2.50 bits per heavy atom. The highest BCUT2D eigenvalue weighted by Crippen LogP contribution is 2.41. The fraction of sp³-hybridized carbons (Fsp3) is 0.280. The largest absolute Gasteiger partial charge is 0.332 e. The van der Waals surface area contributed by atoms with E-state index in [1.807, 2.05) is 50.2 Å². The van der Waals surface area contributed by atoms with Crippen molar-refractivity contribution < 1.29 is 14.4 Å². The van der Waals surface area contributed by atoms with Crippen molar-refractivity contribution in [2.75, 3.05) is 10.2 Å². The molecule has 0 radical (unpaired) electrons. The molecule has 32 heavy (non-hydrogen) atoms. The van der Waals surface area contributed by atoms with Gasteiger partial charge in [-0.3, -0.25) is 14.6 Å². The first-order valence-corrected chi connectivity index (χ1v) is 10.6. The first-order valence-electron chi connectivity index (χ1n) is 10.6. The lowest BCUT2D eigenvalue weighted by molar-refractivity contribution is -0.123. The van der Waals surface area contributed by atoms with Gasteiger partial charge in [0.15, 0.2) is 0 Å². The molecule has 1 aromatic heterocycles. The van der Waals surface area contributed by atoms with Crippen LogP contribution in [0.1, 0.15) is 38.8 Å². The van der Waals surface area contributed by atoms with Gasteiger partial charge >= 0.3 is 6.03 Å². The SMILES string of the molecule is CC1(C)C(=O)Nc2cc(N3C(=O)N(Cc4ccnc5ccccc45)C(C)(C)C3=O)ccc21. The Hall–Kier alpha value is -3.74. The lowest BCUT2D eigenvalue weighted by atomic mass is 9.86. The number of imide groups is 1. The number of carbonyl (C=O) groups excluding carboxylic acids is 3. The van der Waals surface area contributed by atoms with Gasteiger partial charge in [0.25, 0.3) is 5.91 Å². The van der Waals surface area contributed by atoms with Crippen molar-refractivity contribution in [3.8, 4) is 0 Å². The molecular weight excluding hydrogens is 404 g/mol. The van der Waals surface area contributed by atoms with E-state index in [9.17, 15) is 14.4 Å². The van der Waals surface area contributed by atoms with Gasteiger partial charge in [-0.25, -0.2) is 9.69 Å². The molecule has 0 unspecified atom stereocenters. The summed E-state index contributed by atoms with van der Waals surface area (Å²) in [6, 6.07) is 14.5. The Balaban J connectivity index is 1.52. The van der Waals surface area contributed by atoms with Crippen molar-refractivity contribution in [1.82, 2.24) is 9.88 Å². The van der Waals surface area contributed by atoms with Crippen LogP contribution in [0.4, 0.5) is 16.2 Å². The molecule has 1 saturated heterocycles. The average Bonchev–Trinajstić information content (AvgIpc) is 3.08. The molecular formula is C25H24N4O3. The van der Waals surface area contributed by atoms with Crippen molar-refractivity contribution in [2.45, 2.75) is 45.2 Å². The molecule has 0 saturated carbocycles. The van der Waals surface area contributed by atoms with Crippen molar-refractivity contribution in [2.24, 2.45) is 0 Å². The van der Waals surface area contributed by atoms with Gasteiger partial charge in [0.1, 0.15) is 5.54 Å². The van der Waals surface area contributed by atoms with Crippen LogP contribution in [0.5, 0.6) is 0 Å². The van der Waals surface area contributed by atoms with E-state index < -0.39 is 11.0 Å². The number of nitrogens with zero attached hydrogens (tertiary/aromatic N) is 3. The zero-order chi connectivity index (χ0) is 22.8. The third-order valence-corrected chi connectivity index (χ3v) is 6.64. The molecule has 2 aromatic carbocycles. The predicted molar refractivity (Wildman–Crippen MR) is 122 cm³/mol. The molecule has 3 heterocycles. The van der Waals surface area contributed by atoms with Crippen molar-refractivity contribution in [3.63, 3.8) is 0 Å². The first kappa shape index (κ1) is 20.2. The van der Waals surface area contributed by atoms with Crippen LogP contribution in [-0.2, 0) is 21.5 Å². The van der Waals surface area contributed by atoms with Crippen LogP contribution in [0, 0.1) is 0 Å². The highest BCUT2D eigenvalue weighted by molar-refractivity contribution is 6.23. The molecule has 162 valence electrons. The summed E-state index contributed by atoms with van der Waals surface area (Å²) in [4.78, 5) is 46.3. The average molecular weight is 428 g/mol. The van der Waals surface area contributed by atoms with Crippen LogP contribution in [0.3, 0.4) is 0 Å². The summed E-state index contributed by atoms with van der Waals surface area (Å²) in [5.41, 5.74) is 2.03. The summed E-state index contributed by atoms with van der Waals surface area (Å²) in [6.07, 6.45) is 1.72. The van der Waals surface area contributed by atoms with Crippen LogP contribution < -0.4 is 10.2 Å². The van der Waals surface area contributed by atoms with Gasteiger partial charge in [-0.15, -0.1) is 0 Å². The third kappa shape index (κ3) is 2.74. The summed E-state index contributed by atoms with van der Waals surface area (Å²) in [5.74, 6) is -0.403. The van der Waals surface area contributed by atoms with E-state index in [1.165, 1.54) is 4.90 Å². The summed E-state index contributed by atoms with van der Waals surface area (Å²) >= 11 is 0. The number of benzene rings is 2.